The number of nitrogens with two attached hydrogens (primary N) is 1. The van der Waals surface area contributed by atoms with Gasteiger partial charge < -0.3 is 9.80 Å². The summed E-state index contributed by atoms with van der Waals surface area (Å²) in [6.07, 6.45) is 1.03. The zero-order valence-electron chi connectivity index (χ0n) is 9.75. The zero-order valence-corrected chi connectivity index (χ0v) is 9.75. The first-order chi connectivity index (χ1) is 6.61. The Morgan fingerprint density at radius 2 is 1.93 bits per heavy atom. The van der Waals surface area contributed by atoms with Crippen LogP contribution in [0.2, 0.25) is 0 Å². The monoisotopic (exact) mass is 201 g/mol. The average Bonchev–Trinajstić information content (AvgIpc) is 2.16. The van der Waals surface area contributed by atoms with Crippen molar-refractivity contribution in [2.45, 2.75) is 13.3 Å². The van der Waals surface area contributed by atoms with Gasteiger partial charge >= 0.3 is 0 Å². The lowest BCUT2D eigenvalue weighted by molar-refractivity contribution is 0.351. The molecule has 14 heavy (non-hydrogen) atoms. The van der Waals surface area contributed by atoms with Gasteiger partial charge in [0.05, 0.1) is 0 Å². The van der Waals surface area contributed by atoms with Crippen molar-refractivity contribution in [2.75, 3.05) is 40.8 Å². The van der Waals surface area contributed by atoms with Crippen molar-refractivity contribution in [3.8, 4) is 0 Å². The van der Waals surface area contributed by atoms with Crippen LogP contribution in [0.3, 0.4) is 0 Å². The highest BCUT2D eigenvalue weighted by molar-refractivity contribution is 5.79. The van der Waals surface area contributed by atoms with Crippen molar-refractivity contribution in [2.24, 2.45) is 10.8 Å². The normalized spacial score (nSPS) is 12.0. The number of nitrogens with one attached hydrogen (secondary N) is 1. The van der Waals surface area contributed by atoms with Gasteiger partial charge in [-0.25, -0.2) is 5.84 Å². The molecule has 0 radical (unpaired) electrons. The molecule has 0 fully saturated rings. The summed E-state index contributed by atoms with van der Waals surface area (Å²) in [7, 11) is 6.08. The van der Waals surface area contributed by atoms with E-state index in [9.17, 15) is 0 Å². The maximum Gasteiger partial charge on any atom is 0.208 e. The summed E-state index contributed by atoms with van der Waals surface area (Å²) in [4.78, 5) is 8.48. The summed E-state index contributed by atoms with van der Waals surface area (Å²) in [6.45, 7) is 4.81. The molecule has 0 heterocycles. The number of hydrogen-bond acceptors (Lipinski definition) is 3. The predicted octanol–water partition coefficient (Wildman–Crippen LogP) is -0.291. The van der Waals surface area contributed by atoms with Crippen LogP contribution in [0, 0.1) is 0 Å². The second-order valence-electron chi connectivity index (χ2n) is 3.57. The molecule has 0 aromatic carbocycles. The third-order valence-corrected chi connectivity index (χ3v) is 1.86. The molecule has 0 aromatic rings. The van der Waals surface area contributed by atoms with Crippen LogP contribution in [0.5, 0.6) is 0 Å². The molecule has 5 heteroatoms. The maximum atomic E-state index is 5.38. The Hall–Kier alpha value is -0.810. The minimum Gasteiger partial charge on any atom is -0.344 e. The van der Waals surface area contributed by atoms with Gasteiger partial charge in [0.1, 0.15) is 0 Å². The first-order valence-corrected chi connectivity index (χ1v) is 4.98. The second-order valence-corrected chi connectivity index (χ2v) is 3.57. The molecule has 0 aliphatic carbocycles. The largest absolute Gasteiger partial charge is 0.344 e. The molecule has 5 nitrogen and oxygen atoms in total. The van der Waals surface area contributed by atoms with E-state index in [2.05, 4.69) is 22.2 Å². The van der Waals surface area contributed by atoms with E-state index in [-0.39, 0.29) is 0 Å². The molecule has 0 atom stereocenters. The summed E-state index contributed by atoms with van der Waals surface area (Å²) < 4.78 is 0. The number of guanidine groups is 1. The van der Waals surface area contributed by atoms with Gasteiger partial charge in [0.2, 0.25) is 5.96 Å². The van der Waals surface area contributed by atoms with Crippen molar-refractivity contribution in [3.63, 3.8) is 0 Å². The summed E-state index contributed by atoms with van der Waals surface area (Å²) in [6, 6.07) is 0. The maximum absolute atomic E-state index is 5.38. The van der Waals surface area contributed by atoms with Gasteiger partial charge in [-0.05, 0) is 20.5 Å². The molecule has 3 N–H and O–H groups in total. The fourth-order valence-corrected chi connectivity index (χ4v) is 0.950. The van der Waals surface area contributed by atoms with Crippen molar-refractivity contribution < 1.29 is 0 Å². The van der Waals surface area contributed by atoms with E-state index in [1.165, 1.54) is 0 Å². The standard InChI is InChI=1S/C9H23N5/c1-5-6-11-9(12-10)14(4)8-7-13(2)3/h5-8,10H2,1-4H3,(H,11,12). The average molecular weight is 201 g/mol. The van der Waals surface area contributed by atoms with Crippen molar-refractivity contribution in [1.82, 2.24) is 15.2 Å². The molecule has 0 saturated carbocycles. The Balaban J connectivity index is 3.97. The summed E-state index contributed by atoms with van der Waals surface area (Å²) in [5.41, 5.74) is 2.62. The van der Waals surface area contributed by atoms with Gasteiger partial charge in [-0.2, -0.15) is 0 Å². The van der Waals surface area contributed by atoms with Crippen LogP contribution < -0.4 is 11.3 Å². The van der Waals surface area contributed by atoms with E-state index < -0.39 is 0 Å². The molecule has 0 bridgehead atoms. The Morgan fingerprint density at radius 1 is 1.29 bits per heavy atom. The van der Waals surface area contributed by atoms with Gasteiger partial charge in [0, 0.05) is 26.7 Å². The third kappa shape index (κ3) is 5.77. The number of hydrogen-bond donors (Lipinski definition) is 2. The molecule has 0 rings (SSSR count). The Morgan fingerprint density at radius 3 is 2.36 bits per heavy atom. The summed E-state index contributed by atoms with van der Waals surface area (Å²) in [5, 5.41) is 0. The van der Waals surface area contributed by atoms with Crippen molar-refractivity contribution >= 4 is 5.96 Å². The van der Waals surface area contributed by atoms with Gasteiger partial charge in [-0.1, -0.05) is 6.92 Å². The van der Waals surface area contributed by atoms with Crippen LogP contribution in [0.1, 0.15) is 13.3 Å². The molecular formula is C9H23N5. The Bertz CT molecular complexity index is 167. The SMILES string of the molecule is CCCN=C(NN)N(C)CCN(C)C. The van der Waals surface area contributed by atoms with Crippen LogP contribution in [0.4, 0.5) is 0 Å². The molecule has 0 saturated heterocycles. The minimum absolute atomic E-state index is 0.758. The molecule has 0 aromatic heterocycles. The summed E-state index contributed by atoms with van der Waals surface area (Å²) in [5.74, 6) is 6.14. The number of hydrazine groups is 1. The smallest absolute Gasteiger partial charge is 0.208 e. The number of likely N-dealkylation sites (N-methyl/N-ethyl adjacent to an activating group) is 2. The molecule has 0 aliphatic heterocycles. The predicted molar refractivity (Wildman–Crippen MR) is 61.1 cm³/mol. The topological polar surface area (TPSA) is 56.9 Å². The Kier molecular flexibility index (Phi) is 7.14. The third-order valence-electron chi connectivity index (χ3n) is 1.86. The van der Waals surface area contributed by atoms with Crippen LogP contribution in [-0.2, 0) is 0 Å². The highest BCUT2D eigenvalue weighted by atomic mass is 15.4. The Labute approximate surface area is 86.9 Å². The van der Waals surface area contributed by atoms with Crippen LogP contribution in [0.25, 0.3) is 0 Å². The lowest BCUT2D eigenvalue weighted by Gasteiger charge is -2.22. The molecule has 0 aliphatic rings. The molecule has 84 valence electrons. The van der Waals surface area contributed by atoms with Gasteiger partial charge in [0.25, 0.3) is 0 Å². The lowest BCUT2D eigenvalue weighted by Crippen LogP contribution is -2.45. The van der Waals surface area contributed by atoms with E-state index in [0.29, 0.717) is 0 Å². The fraction of sp³-hybridized carbons (Fsp3) is 0.889. The van der Waals surface area contributed by atoms with Crippen LogP contribution >= 0.6 is 0 Å². The van der Waals surface area contributed by atoms with E-state index in [1.807, 2.05) is 26.0 Å². The molecular weight excluding hydrogens is 178 g/mol. The van der Waals surface area contributed by atoms with E-state index in [4.69, 9.17) is 5.84 Å². The first-order valence-electron chi connectivity index (χ1n) is 4.98. The van der Waals surface area contributed by atoms with Crippen LogP contribution in [-0.4, -0.2) is 56.5 Å². The molecule has 0 unspecified atom stereocenters. The lowest BCUT2D eigenvalue weighted by atomic mass is 10.5. The zero-order chi connectivity index (χ0) is 11.0. The number of aliphatic imine (C=N–C) groups is 1. The van der Waals surface area contributed by atoms with E-state index >= 15 is 0 Å². The quantitative estimate of drug-likeness (QED) is 0.278. The minimum atomic E-state index is 0.758. The number of nitrogens with zero attached hydrogens (tertiary/aromatic N) is 3. The van der Waals surface area contributed by atoms with Crippen molar-refractivity contribution in [3.05, 3.63) is 0 Å². The fourth-order valence-electron chi connectivity index (χ4n) is 0.950. The van der Waals surface area contributed by atoms with Gasteiger partial charge in [0.15, 0.2) is 0 Å². The van der Waals surface area contributed by atoms with E-state index in [0.717, 1.165) is 32.0 Å². The molecule has 0 amide bonds. The highest BCUT2D eigenvalue weighted by Crippen LogP contribution is 1.87. The second kappa shape index (κ2) is 7.58. The molecule has 0 spiro atoms. The highest BCUT2D eigenvalue weighted by Gasteiger charge is 2.03. The van der Waals surface area contributed by atoms with Crippen LogP contribution in [0.15, 0.2) is 4.99 Å². The van der Waals surface area contributed by atoms with Gasteiger partial charge in [-0.3, -0.25) is 10.4 Å². The van der Waals surface area contributed by atoms with Crippen molar-refractivity contribution in [1.29, 1.82) is 0 Å². The number of rotatable bonds is 5. The summed E-state index contributed by atoms with van der Waals surface area (Å²) >= 11 is 0. The first kappa shape index (κ1) is 13.2. The van der Waals surface area contributed by atoms with Gasteiger partial charge in [-0.15, -0.1) is 0 Å². The van der Waals surface area contributed by atoms with E-state index in [1.54, 1.807) is 0 Å².